The van der Waals surface area contributed by atoms with Gasteiger partial charge in [-0.05, 0) is 19.1 Å². The van der Waals surface area contributed by atoms with Crippen LogP contribution >= 0.6 is 0 Å². The van der Waals surface area contributed by atoms with Gasteiger partial charge in [-0.15, -0.1) is 5.92 Å². The van der Waals surface area contributed by atoms with Gasteiger partial charge in [0.1, 0.15) is 5.75 Å². The molecule has 194 valence electrons. The van der Waals surface area contributed by atoms with Gasteiger partial charge in [0.2, 0.25) is 5.95 Å². The topological polar surface area (TPSA) is 143 Å². The highest BCUT2D eigenvalue weighted by molar-refractivity contribution is 5.97. The number of nitrogens with zero attached hydrogens (tertiary/aromatic N) is 4. The Morgan fingerprint density at radius 2 is 1.92 bits per heavy atom. The van der Waals surface area contributed by atoms with Crippen molar-refractivity contribution < 1.29 is 32.3 Å². The van der Waals surface area contributed by atoms with Crippen LogP contribution in [0.4, 0.5) is 19.1 Å². The van der Waals surface area contributed by atoms with E-state index in [1.807, 2.05) is 4.90 Å². The van der Waals surface area contributed by atoms with Crippen LogP contribution in [-0.4, -0.2) is 63.8 Å². The van der Waals surface area contributed by atoms with E-state index in [4.69, 9.17) is 4.74 Å². The Bertz CT molecular complexity index is 1450. The molecule has 0 saturated carbocycles. The molecule has 2 aromatic heterocycles. The maximum atomic E-state index is 13.0. The van der Waals surface area contributed by atoms with Crippen molar-refractivity contribution in [2.75, 3.05) is 31.1 Å². The quantitative estimate of drug-likeness (QED) is 0.333. The Balaban J connectivity index is 1.64. The lowest BCUT2D eigenvalue weighted by Gasteiger charge is -2.28. The molecule has 0 radical (unpaired) electrons. The van der Waals surface area contributed by atoms with Crippen molar-refractivity contribution in [3.05, 3.63) is 40.2 Å². The van der Waals surface area contributed by atoms with Gasteiger partial charge in [-0.3, -0.25) is 19.1 Å². The second kappa shape index (κ2) is 10.6. The fourth-order valence-electron chi connectivity index (χ4n) is 3.53. The zero-order chi connectivity index (χ0) is 26.6. The number of amides is 1. The number of para-hydroxylation sites is 1. The number of ether oxygens (including phenoxy) is 1. The summed E-state index contributed by atoms with van der Waals surface area (Å²) in [7, 11) is 0. The molecule has 1 aliphatic rings. The molecule has 37 heavy (non-hydrogen) atoms. The highest BCUT2D eigenvalue weighted by Crippen LogP contribution is 2.25. The Hall–Kier alpha value is -4.58. The smallest absolute Gasteiger partial charge is 0.425 e. The fraction of sp³-hybridized carbons (Fsp3) is 0.318. The second-order valence-corrected chi connectivity index (χ2v) is 7.62. The molecule has 0 aliphatic carbocycles. The van der Waals surface area contributed by atoms with Gasteiger partial charge in [-0.1, -0.05) is 18.1 Å². The first-order chi connectivity index (χ1) is 17.7. The molecule has 1 aromatic carbocycles. The lowest BCUT2D eigenvalue weighted by atomic mass is 10.2. The van der Waals surface area contributed by atoms with E-state index in [2.05, 4.69) is 36.9 Å². The van der Waals surface area contributed by atoms with E-state index in [9.17, 15) is 27.6 Å². The summed E-state index contributed by atoms with van der Waals surface area (Å²) in [6.07, 6.45) is -5.29. The molecule has 3 aromatic rings. The van der Waals surface area contributed by atoms with E-state index in [-0.39, 0.29) is 35.0 Å². The maximum Gasteiger partial charge on any atom is 0.493 e. The third-order valence-corrected chi connectivity index (χ3v) is 5.19. The summed E-state index contributed by atoms with van der Waals surface area (Å²) >= 11 is 0. The van der Waals surface area contributed by atoms with Crippen LogP contribution in [0.5, 0.6) is 11.8 Å². The van der Waals surface area contributed by atoms with E-state index in [1.165, 1.54) is 29.7 Å². The van der Waals surface area contributed by atoms with Gasteiger partial charge in [-0.25, -0.2) is 4.79 Å². The molecule has 15 heteroatoms. The molecule has 0 unspecified atom stereocenters. The van der Waals surface area contributed by atoms with Crippen molar-refractivity contribution in [2.45, 2.75) is 19.6 Å². The van der Waals surface area contributed by atoms with Crippen molar-refractivity contribution >= 4 is 29.0 Å². The number of hydroxylamine groups is 1. The number of aromatic amines is 1. The predicted octanol–water partition coefficient (Wildman–Crippen LogP) is 1.10. The molecule has 0 atom stereocenters. The first kappa shape index (κ1) is 25.5. The van der Waals surface area contributed by atoms with Crippen LogP contribution in [0, 0.1) is 11.8 Å². The van der Waals surface area contributed by atoms with Crippen molar-refractivity contribution in [3.8, 4) is 23.6 Å². The van der Waals surface area contributed by atoms with Crippen LogP contribution in [-0.2, 0) is 16.2 Å². The summed E-state index contributed by atoms with van der Waals surface area (Å²) in [5.74, 6) is 2.26. The number of halogens is 3. The number of fused-ring (bicyclic) bond motifs is 1. The summed E-state index contributed by atoms with van der Waals surface area (Å²) in [5.41, 5.74) is 0.806. The van der Waals surface area contributed by atoms with Crippen molar-refractivity contribution in [3.63, 3.8) is 0 Å². The molecule has 1 amide bonds. The number of imidazole rings is 1. The highest BCUT2D eigenvalue weighted by Gasteiger charge is 2.42. The monoisotopic (exact) mass is 519 g/mol. The minimum atomic E-state index is -5.29. The van der Waals surface area contributed by atoms with Crippen LogP contribution in [0.2, 0.25) is 0 Å². The zero-order valence-electron chi connectivity index (χ0n) is 19.3. The molecule has 1 saturated heterocycles. The van der Waals surface area contributed by atoms with Gasteiger partial charge >= 0.3 is 18.2 Å². The predicted molar refractivity (Wildman–Crippen MR) is 123 cm³/mol. The van der Waals surface area contributed by atoms with Gasteiger partial charge in [0.05, 0.1) is 12.1 Å². The molecule has 12 nitrogen and oxygen atoms in total. The lowest BCUT2D eigenvalue weighted by molar-refractivity contribution is -0.204. The normalized spacial score (nSPS) is 13.6. The summed E-state index contributed by atoms with van der Waals surface area (Å²) in [5, 5.41) is 3.24. The van der Waals surface area contributed by atoms with Crippen LogP contribution in [0.1, 0.15) is 17.3 Å². The van der Waals surface area contributed by atoms with Crippen LogP contribution in [0.3, 0.4) is 0 Å². The largest absolute Gasteiger partial charge is 0.493 e. The Morgan fingerprint density at radius 3 is 2.62 bits per heavy atom. The summed E-state index contributed by atoms with van der Waals surface area (Å²) < 4.78 is 44.2. The number of H-pyrrole nitrogens is 1. The zero-order valence-corrected chi connectivity index (χ0v) is 19.3. The Kier molecular flexibility index (Phi) is 7.30. The summed E-state index contributed by atoms with van der Waals surface area (Å²) in [4.78, 5) is 53.2. The van der Waals surface area contributed by atoms with Crippen LogP contribution in [0.25, 0.3) is 11.2 Å². The van der Waals surface area contributed by atoms with E-state index in [0.29, 0.717) is 19.0 Å². The molecular weight excluding hydrogens is 499 g/mol. The van der Waals surface area contributed by atoms with Gasteiger partial charge in [0, 0.05) is 26.2 Å². The van der Waals surface area contributed by atoms with Gasteiger partial charge in [0.25, 0.3) is 11.5 Å². The number of anilines is 1. The number of alkyl halides is 3. The fourth-order valence-corrected chi connectivity index (χ4v) is 3.53. The number of piperazine rings is 1. The standard InChI is InChI=1S/C22H20F3N7O5/c1-2-3-10-32-15-16(28-21(32)31-11-8-26-9-12-31)27-20(29-18(15)34)36-14-7-5-4-6-13(14)17(33)30-37-19(35)22(23,24)25/h4-7,26H,8-12H2,1H3,(H,30,33)(H,27,29,34). The summed E-state index contributed by atoms with van der Waals surface area (Å²) in [6, 6.07) is 5.09. The molecule has 1 fully saturated rings. The third-order valence-electron chi connectivity index (χ3n) is 5.19. The Morgan fingerprint density at radius 1 is 1.19 bits per heavy atom. The van der Waals surface area contributed by atoms with Gasteiger partial charge in [-0.2, -0.15) is 28.6 Å². The molecule has 0 bridgehead atoms. The van der Waals surface area contributed by atoms with E-state index in [1.54, 1.807) is 11.5 Å². The van der Waals surface area contributed by atoms with E-state index in [0.717, 1.165) is 13.1 Å². The van der Waals surface area contributed by atoms with Crippen molar-refractivity contribution in [1.82, 2.24) is 30.3 Å². The van der Waals surface area contributed by atoms with Crippen LogP contribution in [0.15, 0.2) is 29.1 Å². The van der Waals surface area contributed by atoms with Crippen molar-refractivity contribution in [2.24, 2.45) is 0 Å². The average molecular weight is 519 g/mol. The maximum absolute atomic E-state index is 13.0. The minimum absolute atomic E-state index is 0.0752. The van der Waals surface area contributed by atoms with Crippen molar-refractivity contribution in [1.29, 1.82) is 0 Å². The summed E-state index contributed by atoms with van der Waals surface area (Å²) in [6.45, 7) is 4.67. The number of rotatable bonds is 5. The third kappa shape index (κ3) is 5.64. The molecule has 0 spiro atoms. The number of carbonyl (C=O) groups excluding carboxylic acids is 2. The van der Waals surface area contributed by atoms with Gasteiger partial charge < -0.3 is 19.8 Å². The molecule has 3 heterocycles. The van der Waals surface area contributed by atoms with E-state index < -0.39 is 23.6 Å². The number of nitrogens with one attached hydrogen (secondary N) is 3. The molecule has 4 rings (SSSR count). The first-order valence-electron chi connectivity index (χ1n) is 10.9. The number of aromatic nitrogens is 4. The second-order valence-electron chi connectivity index (χ2n) is 7.62. The SMILES string of the molecule is CC#CCn1c(N2CCNCC2)nc2nc(Oc3ccccc3C(=O)NOC(=O)C(F)(F)F)[nH]c(=O)c21. The Labute approximate surface area is 206 Å². The molecule has 3 N–H and O–H groups in total. The first-order valence-corrected chi connectivity index (χ1v) is 10.9. The average Bonchev–Trinajstić information content (AvgIpc) is 3.25. The number of carbonyl (C=O) groups is 2. The van der Waals surface area contributed by atoms with Crippen LogP contribution < -0.4 is 26.0 Å². The highest BCUT2D eigenvalue weighted by atomic mass is 19.4. The number of benzene rings is 1. The lowest BCUT2D eigenvalue weighted by Crippen LogP contribution is -2.44. The minimum Gasteiger partial charge on any atom is -0.425 e. The number of hydrogen-bond donors (Lipinski definition) is 3. The number of hydrogen-bond acceptors (Lipinski definition) is 9. The molecule has 1 aliphatic heterocycles. The van der Waals surface area contributed by atoms with E-state index >= 15 is 0 Å². The van der Waals surface area contributed by atoms with Gasteiger partial charge in [0.15, 0.2) is 11.2 Å². The molecular formula is C22H20F3N7O5.